The van der Waals surface area contributed by atoms with Crippen LogP contribution in [-0.4, -0.2) is 17.2 Å². The lowest BCUT2D eigenvalue weighted by atomic mass is 10.0. The minimum Gasteiger partial charge on any atom is -0.370 e. The molecule has 0 fully saturated rings. The van der Waals surface area contributed by atoms with Crippen LogP contribution in [0.15, 0.2) is 48.7 Å². The summed E-state index contributed by atoms with van der Waals surface area (Å²) in [7, 11) is 0. The van der Waals surface area contributed by atoms with Gasteiger partial charge in [-0.25, -0.2) is 4.98 Å². The topological polar surface area (TPSA) is 48.8 Å². The van der Waals surface area contributed by atoms with Gasteiger partial charge in [-0.2, -0.15) is 0 Å². The fourth-order valence-electron chi connectivity index (χ4n) is 2.09. The number of rotatable bonds is 7. The molecule has 3 heteroatoms. The highest BCUT2D eigenvalue weighted by Gasteiger charge is 2.10. The molecule has 1 aromatic heterocycles. The minimum atomic E-state index is 0.511. The monoisotopic (exact) mass is 267 g/mol. The van der Waals surface area contributed by atoms with Crippen LogP contribution in [0.4, 0.5) is 5.82 Å². The van der Waals surface area contributed by atoms with Gasteiger partial charge >= 0.3 is 0 Å². The molecule has 0 aliphatic carbocycles. The number of nitrogens with one attached hydrogen (secondary N) is 2. The molecule has 0 bridgehead atoms. The van der Waals surface area contributed by atoms with E-state index in [1.807, 2.05) is 42.5 Å². The standard InChI is InChI=1S/C17H21N3/c1-2-3-7-12-19-17-15(11-8-13-20-17)16(18)14-9-5-4-6-10-14/h4-6,8-11,13,18H,2-3,7,12H2,1H3,(H,19,20). The molecule has 0 aliphatic rings. The van der Waals surface area contributed by atoms with Crippen LogP contribution >= 0.6 is 0 Å². The lowest BCUT2D eigenvalue weighted by Crippen LogP contribution is -2.10. The molecule has 3 nitrogen and oxygen atoms in total. The Balaban J connectivity index is 2.13. The van der Waals surface area contributed by atoms with Gasteiger partial charge in [0.25, 0.3) is 0 Å². The van der Waals surface area contributed by atoms with Crippen molar-refractivity contribution in [1.29, 1.82) is 5.41 Å². The number of benzene rings is 1. The Morgan fingerprint density at radius 1 is 1.10 bits per heavy atom. The summed E-state index contributed by atoms with van der Waals surface area (Å²) in [6.45, 7) is 3.09. The van der Waals surface area contributed by atoms with E-state index in [2.05, 4.69) is 17.2 Å². The number of aromatic nitrogens is 1. The van der Waals surface area contributed by atoms with Gasteiger partial charge in [0.1, 0.15) is 5.82 Å². The first kappa shape index (κ1) is 14.3. The van der Waals surface area contributed by atoms with Crippen LogP contribution in [0.25, 0.3) is 0 Å². The number of nitrogens with zero attached hydrogens (tertiary/aromatic N) is 1. The van der Waals surface area contributed by atoms with Crippen molar-refractivity contribution in [2.75, 3.05) is 11.9 Å². The Morgan fingerprint density at radius 2 is 1.90 bits per heavy atom. The fourth-order valence-corrected chi connectivity index (χ4v) is 2.09. The maximum absolute atomic E-state index is 8.35. The van der Waals surface area contributed by atoms with Crippen LogP contribution in [0.3, 0.4) is 0 Å². The third-order valence-electron chi connectivity index (χ3n) is 3.21. The van der Waals surface area contributed by atoms with Gasteiger partial charge in [-0.15, -0.1) is 0 Å². The molecule has 1 aromatic carbocycles. The van der Waals surface area contributed by atoms with Crippen LogP contribution in [-0.2, 0) is 0 Å². The molecule has 0 aliphatic heterocycles. The van der Waals surface area contributed by atoms with Crippen LogP contribution < -0.4 is 5.32 Å². The van der Waals surface area contributed by atoms with Gasteiger partial charge in [0.2, 0.25) is 0 Å². The molecule has 0 unspecified atom stereocenters. The van der Waals surface area contributed by atoms with E-state index in [0.29, 0.717) is 5.71 Å². The van der Waals surface area contributed by atoms with Crippen LogP contribution in [0.1, 0.15) is 37.3 Å². The van der Waals surface area contributed by atoms with E-state index in [1.165, 1.54) is 12.8 Å². The second-order valence-electron chi connectivity index (χ2n) is 4.77. The Labute approximate surface area is 120 Å². The molecule has 1 heterocycles. The Bertz CT molecular complexity index is 549. The van der Waals surface area contributed by atoms with Crippen molar-refractivity contribution in [2.45, 2.75) is 26.2 Å². The maximum atomic E-state index is 8.35. The van der Waals surface area contributed by atoms with E-state index in [1.54, 1.807) is 6.20 Å². The van der Waals surface area contributed by atoms with Crippen molar-refractivity contribution in [2.24, 2.45) is 0 Å². The van der Waals surface area contributed by atoms with Gasteiger partial charge in [0.15, 0.2) is 0 Å². The summed E-state index contributed by atoms with van der Waals surface area (Å²) in [6.07, 6.45) is 5.32. The van der Waals surface area contributed by atoms with Crippen molar-refractivity contribution in [1.82, 2.24) is 4.98 Å². The van der Waals surface area contributed by atoms with Crippen LogP contribution in [0, 0.1) is 5.41 Å². The SMILES string of the molecule is CCCCCNc1ncccc1C(=N)c1ccccc1. The highest BCUT2D eigenvalue weighted by Crippen LogP contribution is 2.16. The van der Waals surface area contributed by atoms with Gasteiger partial charge < -0.3 is 5.32 Å². The fraction of sp³-hybridized carbons (Fsp3) is 0.294. The first-order chi connectivity index (χ1) is 9.83. The van der Waals surface area contributed by atoms with Gasteiger partial charge in [0.05, 0.1) is 5.71 Å². The smallest absolute Gasteiger partial charge is 0.135 e. The summed E-state index contributed by atoms with van der Waals surface area (Å²) in [5.41, 5.74) is 2.28. The van der Waals surface area contributed by atoms with E-state index < -0.39 is 0 Å². The molecule has 0 saturated carbocycles. The third kappa shape index (κ3) is 3.67. The Morgan fingerprint density at radius 3 is 2.65 bits per heavy atom. The first-order valence-electron chi connectivity index (χ1n) is 7.16. The van der Waals surface area contributed by atoms with Crippen molar-refractivity contribution in [3.05, 3.63) is 59.8 Å². The number of anilines is 1. The van der Waals surface area contributed by atoms with Crippen molar-refractivity contribution < 1.29 is 0 Å². The average molecular weight is 267 g/mol. The summed E-state index contributed by atoms with van der Waals surface area (Å²) in [5, 5.41) is 11.7. The summed E-state index contributed by atoms with van der Waals surface area (Å²) in [5.74, 6) is 0.803. The predicted molar refractivity (Wildman–Crippen MR) is 84.6 cm³/mol. The molecule has 0 spiro atoms. The van der Waals surface area contributed by atoms with E-state index in [-0.39, 0.29) is 0 Å². The highest BCUT2D eigenvalue weighted by molar-refractivity contribution is 6.13. The second kappa shape index (κ2) is 7.43. The lowest BCUT2D eigenvalue weighted by molar-refractivity contribution is 0.742. The molecule has 2 N–H and O–H groups in total. The highest BCUT2D eigenvalue weighted by atomic mass is 15.0. The quantitative estimate of drug-likeness (QED) is 0.586. The molecule has 20 heavy (non-hydrogen) atoms. The zero-order valence-electron chi connectivity index (χ0n) is 11.9. The van der Waals surface area contributed by atoms with Gasteiger partial charge in [-0.1, -0.05) is 50.1 Å². The molecule has 2 rings (SSSR count). The molecular weight excluding hydrogens is 246 g/mol. The molecule has 0 saturated heterocycles. The van der Waals surface area contributed by atoms with Crippen molar-refractivity contribution >= 4 is 11.5 Å². The van der Waals surface area contributed by atoms with E-state index in [4.69, 9.17) is 5.41 Å². The number of hydrogen-bond acceptors (Lipinski definition) is 3. The van der Waals surface area contributed by atoms with E-state index >= 15 is 0 Å². The molecule has 104 valence electrons. The minimum absolute atomic E-state index is 0.511. The van der Waals surface area contributed by atoms with Gasteiger partial charge in [0, 0.05) is 23.9 Å². The Kier molecular flexibility index (Phi) is 5.30. The van der Waals surface area contributed by atoms with Crippen molar-refractivity contribution in [3.8, 4) is 0 Å². The van der Waals surface area contributed by atoms with E-state index in [0.717, 1.165) is 29.9 Å². The second-order valence-corrected chi connectivity index (χ2v) is 4.77. The Hall–Kier alpha value is -2.16. The van der Waals surface area contributed by atoms with Crippen molar-refractivity contribution in [3.63, 3.8) is 0 Å². The predicted octanol–water partition coefficient (Wildman–Crippen LogP) is 4.10. The summed E-state index contributed by atoms with van der Waals surface area (Å²) in [6, 6.07) is 13.6. The normalized spacial score (nSPS) is 10.2. The van der Waals surface area contributed by atoms with E-state index in [9.17, 15) is 0 Å². The molecular formula is C17H21N3. The van der Waals surface area contributed by atoms with Crippen LogP contribution in [0.5, 0.6) is 0 Å². The zero-order chi connectivity index (χ0) is 14.2. The number of hydrogen-bond donors (Lipinski definition) is 2. The molecule has 0 atom stereocenters. The van der Waals surface area contributed by atoms with Gasteiger partial charge in [-0.05, 0) is 18.6 Å². The average Bonchev–Trinajstić information content (AvgIpc) is 2.52. The maximum Gasteiger partial charge on any atom is 0.135 e. The molecule has 0 amide bonds. The zero-order valence-corrected chi connectivity index (χ0v) is 11.9. The summed E-state index contributed by atoms with van der Waals surface area (Å²) < 4.78 is 0. The van der Waals surface area contributed by atoms with Gasteiger partial charge in [-0.3, -0.25) is 5.41 Å². The number of unbranched alkanes of at least 4 members (excludes halogenated alkanes) is 2. The summed E-state index contributed by atoms with van der Waals surface area (Å²) >= 11 is 0. The summed E-state index contributed by atoms with van der Waals surface area (Å²) in [4.78, 5) is 4.37. The third-order valence-corrected chi connectivity index (χ3v) is 3.21. The molecule has 0 radical (unpaired) electrons. The van der Waals surface area contributed by atoms with Crippen LogP contribution in [0.2, 0.25) is 0 Å². The number of pyridine rings is 1. The largest absolute Gasteiger partial charge is 0.370 e. The lowest BCUT2D eigenvalue weighted by Gasteiger charge is -2.11. The molecule has 2 aromatic rings. The first-order valence-corrected chi connectivity index (χ1v) is 7.16.